The predicted octanol–water partition coefficient (Wildman–Crippen LogP) is 15.7. The molecule has 0 N–H and O–H groups in total. The number of nitrogens with zero attached hydrogens (tertiary/aromatic N) is 2. The van der Waals surface area contributed by atoms with Gasteiger partial charge in [-0.25, -0.2) is 0 Å². The minimum absolute atomic E-state index is 0.0405. The van der Waals surface area contributed by atoms with Crippen LogP contribution in [0.25, 0.3) is 66.8 Å². The average Bonchev–Trinajstić information content (AvgIpc) is 3.19. The fourth-order valence-electron chi connectivity index (χ4n) is 8.49. The summed E-state index contributed by atoms with van der Waals surface area (Å²) in [4.78, 5) is 9.29. The topological polar surface area (TPSA) is 25.8 Å². The lowest BCUT2D eigenvalue weighted by Crippen LogP contribution is -2.15. The second-order valence-corrected chi connectivity index (χ2v) is 20.0. The molecule has 5 aromatic carbocycles. The molecule has 0 radical (unpaired) electrons. The Bertz CT molecular complexity index is 2380. The Hall–Kier alpha value is -5.60. The number of aromatic nitrogens is 2. The zero-order valence-corrected chi connectivity index (χ0v) is 36.8. The highest BCUT2D eigenvalue weighted by molar-refractivity contribution is 5.98. The number of pyridine rings is 2. The van der Waals surface area contributed by atoms with E-state index in [0.717, 1.165) is 0 Å². The summed E-state index contributed by atoms with van der Waals surface area (Å²) in [5.74, 6) is 0. The molecular weight excluding hydrogens is 701 g/mol. The Labute approximate surface area is 348 Å². The average molecular weight is 761 g/mol. The molecule has 7 aromatic rings. The van der Waals surface area contributed by atoms with Crippen LogP contribution >= 0.6 is 0 Å². The highest BCUT2D eigenvalue weighted by atomic mass is 14.6. The van der Waals surface area contributed by atoms with Gasteiger partial charge in [-0.3, -0.25) is 9.97 Å². The lowest BCUT2D eigenvalue weighted by molar-refractivity contribution is 0.589. The van der Waals surface area contributed by atoms with Crippen LogP contribution in [-0.4, -0.2) is 9.97 Å². The standard InChI is InChI=1S/C56H60N2/c1-53(2,3)49-25-23-39(47-35-57-29-27-51(47)55(7,8)9)31-45(49)43-33-42(38-21-17-14-18-22-38)44(34-41(43)37-19-15-13-16-20-37)46-32-40(24-26-50(46)54(4,5)6)48-36-58-30-28-52(48)56(10,11)12/h13-36H,1-12H3. The molecule has 7 rings (SSSR count). The van der Waals surface area contributed by atoms with Gasteiger partial charge in [-0.2, -0.15) is 0 Å². The van der Waals surface area contributed by atoms with Crippen LogP contribution in [0.5, 0.6) is 0 Å². The van der Waals surface area contributed by atoms with Crippen LogP contribution in [0.1, 0.15) is 105 Å². The Morgan fingerprint density at radius 1 is 0.276 bits per heavy atom. The Kier molecular flexibility index (Phi) is 10.7. The molecule has 58 heavy (non-hydrogen) atoms. The van der Waals surface area contributed by atoms with Gasteiger partial charge in [0.05, 0.1) is 0 Å². The molecule has 2 nitrogen and oxygen atoms in total. The summed E-state index contributed by atoms with van der Waals surface area (Å²) in [7, 11) is 0. The summed E-state index contributed by atoms with van der Waals surface area (Å²) in [6.07, 6.45) is 7.93. The normalized spacial score (nSPS) is 12.5. The van der Waals surface area contributed by atoms with Gasteiger partial charge in [0.1, 0.15) is 0 Å². The second kappa shape index (κ2) is 15.3. The van der Waals surface area contributed by atoms with Crippen LogP contribution in [0.2, 0.25) is 0 Å². The van der Waals surface area contributed by atoms with Crippen molar-refractivity contribution in [2.45, 2.75) is 105 Å². The number of benzene rings is 5. The van der Waals surface area contributed by atoms with Crippen molar-refractivity contribution in [2.24, 2.45) is 0 Å². The predicted molar refractivity (Wildman–Crippen MR) is 249 cm³/mol. The lowest BCUT2D eigenvalue weighted by Gasteiger charge is -2.29. The Morgan fingerprint density at radius 3 is 0.931 bits per heavy atom. The van der Waals surface area contributed by atoms with E-state index in [9.17, 15) is 0 Å². The van der Waals surface area contributed by atoms with Crippen LogP contribution in [0.4, 0.5) is 0 Å². The molecule has 2 heterocycles. The van der Waals surface area contributed by atoms with Crippen LogP contribution in [-0.2, 0) is 21.7 Å². The van der Waals surface area contributed by atoms with Gasteiger partial charge in [-0.05, 0) is 136 Å². The van der Waals surface area contributed by atoms with E-state index in [1.54, 1.807) is 0 Å². The smallest absolute Gasteiger partial charge is 0.0349 e. The van der Waals surface area contributed by atoms with E-state index >= 15 is 0 Å². The molecule has 0 saturated heterocycles. The Balaban J connectivity index is 1.62. The van der Waals surface area contributed by atoms with Gasteiger partial charge < -0.3 is 0 Å². The molecule has 0 aliphatic carbocycles. The van der Waals surface area contributed by atoms with Crippen molar-refractivity contribution >= 4 is 0 Å². The zero-order chi connectivity index (χ0) is 41.6. The minimum Gasteiger partial charge on any atom is -0.264 e. The van der Waals surface area contributed by atoms with Gasteiger partial charge in [-0.15, -0.1) is 0 Å². The second-order valence-electron chi connectivity index (χ2n) is 20.0. The third-order valence-electron chi connectivity index (χ3n) is 11.4. The van der Waals surface area contributed by atoms with Gasteiger partial charge in [0.2, 0.25) is 0 Å². The van der Waals surface area contributed by atoms with E-state index in [4.69, 9.17) is 0 Å². The lowest BCUT2D eigenvalue weighted by atomic mass is 9.75. The van der Waals surface area contributed by atoms with Crippen molar-refractivity contribution in [3.8, 4) is 66.8 Å². The third-order valence-corrected chi connectivity index (χ3v) is 11.4. The van der Waals surface area contributed by atoms with Crippen molar-refractivity contribution in [3.63, 3.8) is 0 Å². The summed E-state index contributed by atoms with van der Waals surface area (Å²) in [5.41, 5.74) is 19.3. The summed E-state index contributed by atoms with van der Waals surface area (Å²) in [5, 5.41) is 0. The number of hydrogen-bond donors (Lipinski definition) is 0. The van der Waals surface area contributed by atoms with Gasteiger partial charge in [0, 0.05) is 35.9 Å². The summed E-state index contributed by atoms with van der Waals surface area (Å²) in [6, 6.07) is 45.4. The van der Waals surface area contributed by atoms with Crippen molar-refractivity contribution in [3.05, 3.63) is 168 Å². The van der Waals surface area contributed by atoms with Gasteiger partial charge >= 0.3 is 0 Å². The molecule has 294 valence electrons. The quantitative estimate of drug-likeness (QED) is 0.169. The molecule has 0 aliphatic heterocycles. The van der Waals surface area contributed by atoms with Gasteiger partial charge in [0.15, 0.2) is 0 Å². The highest BCUT2D eigenvalue weighted by Gasteiger charge is 2.28. The van der Waals surface area contributed by atoms with Gasteiger partial charge in [-0.1, -0.05) is 168 Å². The van der Waals surface area contributed by atoms with E-state index in [0.29, 0.717) is 0 Å². The number of rotatable bonds is 6. The molecule has 0 fully saturated rings. The third kappa shape index (κ3) is 8.21. The molecule has 0 spiro atoms. The summed E-state index contributed by atoms with van der Waals surface area (Å²) >= 11 is 0. The zero-order valence-electron chi connectivity index (χ0n) is 36.8. The maximum atomic E-state index is 4.64. The maximum Gasteiger partial charge on any atom is 0.0349 e. The fourth-order valence-corrected chi connectivity index (χ4v) is 8.49. The summed E-state index contributed by atoms with van der Waals surface area (Å²) < 4.78 is 0. The first-order valence-corrected chi connectivity index (χ1v) is 20.8. The van der Waals surface area contributed by atoms with Crippen molar-refractivity contribution in [1.82, 2.24) is 9.97 Å². The van der Waals surface area contributed by atoms with E-state index < -0.39 is 0 Å². The molecule has 0 bridgehead atoms. The molecule has 0 amide bonds. The molecule has 0 saturated carbocycles. The summed E-state index contributed by atoms with van der Waals surface area (Å²) in [6.45, 7) is 27.7. The van der Waals surface area contributed by atoms with Crippen LogP contribution in [0.3, 0.4) is 0 Å². The van der Waals surface area contributed by atoms with E-state index in [1.165, 1.54) is 89.0 Å². The van der Waals surface area contributed by atoms with Crippen molar-refractivity contribution < 1.29 is 0 Å². The Morgan fingerprint density at radius 2 is 0.603 bits per heavy atom. The van der Waals surface area contributed by atoms with Crippen molar-refractivity contribution in [1.29, 1.82) is 0 Å². The largest absolute Gasteiger partial charge is 0.264 e. The number of hydrogen-bond acceptors (Lipinski definition) is 2. The van der Waals surface area contributed by atoms with Crippen LogP contribution < -0.4 is 0 Å². The van der Waals surface area contributed by atoms with Crippen molar-refractivity contribution in [2.75, 3.05) is 0 Å². The molecule has 0 aliphatic rings. The first-order chi connectivity index (χ1) is 27.3. The molecule has 0 unspecified atom stereocenters. The van der Waals surface area contributed by atoms with E-state index in [2.05, 4.69) is 214 Å². The minimum atomic E-state index is -0.114. The van der Waals surface area contributed by atoms with Gasteiger partial charge in [0.25, 0.3) is 0 Å². The maximum absolute atomic E-state index is 4.64. The fraction of sp³-hybridized carbons (Fsp3) is 0.286. The van der Waals surface area contributed by atoms with Crippen LogP contribution in [0.15, 0.2) is 146 Å². The van der Waals surface area contributed by atoms with Crippen LogP contribution in [0, 0.1) is 0 Å². The highest BCUT2D eigenvalue weighted by Crippen LogP contribution is 2.48. The molecule has 2 heteroatoms. The molecule has 0 atom stereocenters. The first kappa shape index (κ1) is 40.6. The monoisotopic (exact) mass is 760 g/mol. The molecule has 2 aromatic heterocycles. The molecular formula is C56H60N2. The van der Waals surface area contributed by atoms with E-state index in [-0.39, 0.29) is 21.7 Å². The first-order valence-electron chi connectivity index (χ1n) is 20.8. The SMILES string of the molecule is CC(C)(C)c1ccncc1-c1ccc(C(C)(C)C)c(-c2cc(-c3ccccc3)c(-c3cc(-c4cnccc4C(C)(C)C)ccc3C(C)(C)C)cc2-c2ccccc2)c1. The van der Waals surface area contributed by atoms with E-state index in [1.807, 2.05) is 24.8 Å².